The van der Waals surface area contributed by atoms with E-state index in [0.29, 0.717) is 27.8 Å². The number of carbonyl (C=O) groups excluding carboxylic acids is 1. The summed E-state index contributed by atoms with van der Waals surface area (Å²) in [4.78, 5) is 30.7. The predicted molar refractivity (Wildman–Crippen MR) is 155 cm³/mol. The average molecular weight is 570 g/mol. The number of nitrogens with one attached hydrogen (secondary N) is 1. The number of carboxylic acid groups (broad SMARTS) is 1. The summed E-state index contributed by atoms with van der Waals surface area (Å²) in [6.07, 6.45) is 1.03. The third kappa shape index (κ3) is 4.87. The lowest BCUT2D eigenvalue weighted by molar-refractivity contribution is -0.139. The monoisotopic (exact) mass is 569 g/mol. The fourth-order valence-electron chi connectivity index (χ4n) is 5.42. The van der Waals surface area contributed by atoms with E-state index in [1.807, 2.05) is 58.4 Å². The lowest BCUT2D eigenvalue weighted by atomic mass is 9.98. The third-order valence-corrected chi connectivity index (χ3v) is 8.11. The van der Waals surface area contributed by atoms with Crippen LogP contribution >= 0.6 is 11.3 Å². The van der Waals surface area contributed by atoms with Gasteiger partial charge in [0.1, 0.15) is 12.6 Å². The number of nitrogens with zero attached hydrogens (tertiary/aromatic N) is 2. The van der Waals surface area contributed by atoms with Crippen molar-refractivity contribution in [1.29, 1.82) is 0 Å². The Labute approximate surface area is 240 Å². The highest BCUT2D eigenvalue weighted by Crippen LogP contribution is 2.44. The number of hydrogen-bond donors (Lipinski definition) is 2. The number of alkyl carbamates (subject to hydrolysis) is 1. The molecule has 2 aromatic heterocycles. The number of methoxy groups -OCH3 is 2. The van der Waals surface area contributed by atoms with Gasteiger partial charge in [-0.2, -0.15) is 0 Å². The molecule has 1 unspecified atom stereocenters. The Balaban J connectivity index is 1.22. The highest BCUT2D eigenvalue weighted by Gasteiger charge is 2.30. The summed E-state index contributed by atoms with van der Waals surface area (Å²) in [6.45, 7) is 0.0878. The minimum absolute atomic E-state index is 0.0128. The molecular formula is C31H27N3O6S. The average Bonchev–Trinajstić information content (AvgIpc) is 3.68. The first-order valence-electron chi connectivity index (χ1n) is 13.0. The molecule has 41 heavy (non-hydrogen) atoms. The maximum Gasteiger partial charge on any atom is 0.407 e. The molecular weight excluding hydrogens is 542 g/mol. The van der Waals surface area contributed by atoms with E-state index in [1.165, 1.54) is 11.3 Å². The van der Waals surface area contributed by atoms with Gasteiger partial charge in [-0.3, -0.25) is 4.40 Å². The molecule has 6 rings (SSSR count). The van der Waals surface area contributed by atoms with Crippen LogP contribution in [0.5, 0.6) is 11.5 Å². The number of hydrogen-bond acceptors (Lipinski definition) is 7. The van der Waals surface area contributed by atoms with Crippen molar-refractivity contribution in [2.75, 3.05) is 20.8 Å². The van der Waals surface area contributed by atoms with Crippen molar-refractivity contribution in [3.63, 3.8) is 0 Å². The van der Waals surface area contributed by atoms with Crippen LogP contribution in [0, 0.1) is 0 Å². The molecule has 1 aliphatic rings. The topological polar surface area (TPSA) is 111 Å². The van der Waals surface area contributed by atoms with Crippen molar-refractivity contribution in [3.05, 3.63) is 95.1 Å². The number of fused-ring (bicyclic) bond motifs is 4. The van der Waals surface area contributed by atoms with Crippen LogP contribution in [-0.4, -0.2) is 53.4 Å². The van der Waals surface area contributed by atoms with E-state index in [4.69, 9.17) is 19.2 Å². The Morgan fingerprint density at radius 1 is 1.00 bits per heavy atom. The van der Waals surface area contributed by atoms with Crippen LogP contribution in [0.15, 0.2) is 78.3 Å². The lowest BCUT2D eigenvalue weighted by Gasteiger charge is -2.18. The van der Waals surface area contributed by atoms with Gasteiger partial charge < -0.3 is 24.6 Å². The molecule has 0 radical (unpaired) electrons. The van der Waals surface area contributed by atoms with Gasteiger partial charge in [0.2, 0.25) is 0 Å². The molecule has 0 bridgehead atoms. The summed E-state index contributed by atoms with van der Waals surface area (Å²) >= 11 is 1.43. The molecule has 10 heteroatoms. The second-order valence-corrected chi connectivity index (χ2v) is 10.5. The van der Waals surface area contributed by atoms with Crippen molar-refractivity contribution in [2.24, 2.45) is 0 Å². The number of benzene rings is 3. The van der Waals surface area contributed by atoms with Gasteiger partial charge >= 0.3 is 12.1 Å². The maximum absolute atomic E-state index is 12.9. The number of imidazole rings is 1. The molecule has 208 valence electrons. The van der Waals surface area contributed by atoms with Crippen LogP contribution in [0.2, 0.25) is 0 Å². The van der Waals surface area contributed by atoms with Gasteiger partial charge in [-0.1, -0.05) is 48.5 Å². The van der Waals surface area contributed by atoms with Crippen molar-refractivity contribution in [3.8, 4) is 33.9 Å². The van der Waals surface area contributed by atoms with Crippen LogP contribution in [0.1, 0.15) is 22.7 Å². The summed E-state index contributed by atoms with van der Waals surface area (Å²) < 4.78 is 18.3. The van der Waals surface area contributed by atoms with Gasteiger partial charge in [0, 0.05) is 29.5 Å². The Morgan fingerprint density at radius 2 is 1.68 bits per heavy atom. The van der Waals surface area contributed by atoms with E-state index in [2.05, 4.69) is 17.4 Å². The maximum atomic E-state index is 12.9. The largest absolute Gasteiger partial charge is 0.493 e. The highest BCUT2D eigenvalue weighted by molar-refractivity contribution is 7.15. The number of aliphatic carboxylic acids is 1. The minimum atomic E-state index is -1.25. The fraction of sp³-hybridized carbons (Fsp3) is 0.194. The van der Waals surface area contributed by atoms with Gasteiger partial charge in [-0.25, -0.2) is 14.6 Å². The van der Waals surface area contributed by atoms with E-state index in [-0.39, 0.29) is 18.9 Å². The molecule has 0 saturated heterocycles. The van der Waals surface area contributed by atoms with Crippen molar-refractivity contribution in [1.82, 2.24) is 14.7 Å². The zero-order chi connectivity index (χ0) is 28.5. The molecule has 1 atom stereocenters. The quantitative estimate of drug-likeness (QED) is 0.237. The first kappa shape index (κ1) is 26.4. The molecule has 3 aromatic carbocycles. The number of amides is 1. The number of carbonyl (C=O) groups is 2. The second-order valence-electron chi connectivity index (χ2n) is 9.60. The van der Waals surface area contributed by atoms with Gasteiger partial charge in [0.25, 0.3) is 0 Å². The van der Waals surface area contributed by atoms with E-state index in [0.717, 1.165) is 27.8 Å². The van der Waals surface area contributed by atoms with Crippen LogP contribution in [-0.2, 0) is 16.0 Å². The number of rotatable bonds is 9. The number of carboxylic acids is 1. The molecule has 0 saturated carbocycles. The normalized spacial score (nSPS) is 12.9. The van der Waals surface area contributed by atoms with Crippen LogP contribution in [0.25, 0.3) is 27.3 Å². The second kappa shape index (κ2) is 11.0. The zero-order valence-corrected chi connectivity index (χ0v) is 23.2. The van der Waals surface area contributed by atoms with E-state index >= 15 is 0 Å². The summed E-state index contributed by atoms with van der Waals surface area (Å²) in [7, 11) is 3.11. The molecule has 9 nitrogen and oxygen atoms in total. The molecule has 2 heterocycles. The number of ether oxygens (including phenoxy) is 3. The summed E-state index contributed by atoms with van der Waals surface area (Å²) in [6, 6.07) is 20.2. The first-order chi connectivity index (χ1) is 20.0. The van der Waals surface area contributed by atoms with Gasteiger partial charge in [-0.15, -0.1) is 11.3 Å². The van der Waals surface area contributed by atoms with Gasteiger partial charge in [0.15, 0.2) is 16.5 Å². The molecule has 0 aliphatic heterocycles. The Hall–Kier alpha value is -4.83. The molecule has 1 amide bonds. The van der Waals surface area contributed by atoms with Crippen molar-refractivity contribution >= 4 is 28.4 Å². The Morgan fingerprint density at radius 3 is 2.34 bits per heavy atom. The van der Waals surface area contributed by atoms with E-state index < -0.39 is 18.1 Å². The van der Waals surface area contributed by atoms with Crippen LogP contribution in [0.3, 0.4) is 0 Å². The smallest absolute Gasteiger partial charge is 0.407 e. The van der Waals surface area contributed by atoms with Crippen molar-refractivity contribution < 1.29 is 28.9 Å². The molecule has 1 aliphatic carbocycles. The van der Waals surface area contributed by atoms with Crippen LogP contribution in [0.4, 0.5) is 4.79 Å². The van der Waals surface area contributed by atoms with E-state index in [1.54, 1.807) is 26.4 Å². The first-order valence-corrected chi connectivity index (χ1v) is 13.9. The number of thiazole rings is 1. The third-order valence-electron chi connectivity index (χ3n) is 7.35. The summed E-state index contributed by atoms with van der Waals surface area (Å²) in [5.74, 6) is -0.215. The van der Waals surface area contributed by atoms with Crippen molar-refractivity contribution in [2.45, 2.75) is 18.4 Å². The fourth-order valence-corrected chi connectivity index (χ4v) is 6.15. The summed E-state index contributed by atoms with van der Waals surface area (Å²) in [5.41, 5.74) is 6.36. The molecule has 5 aromatic rings. The molecule has 2 N–H and O–H groups in total. The Bertz CT molecular complexity index is 1710. The van der Waals surface area contributed by atoms with Gasteiger partial charge in [0.05, 0.1) is 25.6 Å². The molecule has 0 fully saturated rings. The number of aromatic nitrogens is 2. The molecule has 0 spiro atoms. The Kier molecular flexibility index (Phi) is 7.07. The lowest BCUT2D eigenvalue weighted by Crippen LogP contribution is -2.43. The minimum Gasteiger partial charge on any atom is -0.493 e. The van der Waals surface area contributed by atoms with Gasteiger partial charge in [-0.05, 0) is 40.5 Å². The predicted octanol–water partition coefficient (Wildman–Crippen LogP) is 5.61. The zero-order valence-electron chi connectivity index (χ0n) is 22.4. The SMILES string of the molecule is COc1ccc(-c2nc3sccn3c2CC(NC(=O)OCC2c3ccccc3-c3ccccc32)C(=O)O)cc1OC. The summed E-state index contributed by atoms with van der Waals surface area (Å²) in [5, 5.41) is 14.5. The standard InChI is InChI=1S/C31H27N3O6S/c1-38-26-12-11-18(15-27(26)39-2)28-25(34-13-14-41-30(34)33-28)16-24(29(35)36)32-31(37)40-17-23-21-9-5-3-7-19(21)20-8-4-6-10-22(20)23/h3-15,23-24H,16-17H2,1-2H3,(H,32,37)(H,35,36). The highest BCUT2D eigenvalue weighted by atomic mass is 32.1. The van der Waals surface area contributed by atoms with Crippen LogP contribution < -0.4 is 14.8 Å². The van der Waals surface area contributed by atoms with E-state index in [9.17, 15) is 14.7 Å².